The summed E-state index contributed by atoms with van der Waals surface area (Å²) in [5.74, 6) is 1.07. The minimum atomic E-state index is -0.209. The average molecular weight is 499 g/mol. The second-order valence-electron chi connectivity index (χ2n) is 7.74. The van der Waals surface area contributed by atoms with Crippen LogP contribution < -0.4 is 15.6 Å². The van der Waals surface area contributed by atoms with Gasteiger partial charge in [0.1, 0.15) is 17.2 Å². The highest BCUT2D eigenvalue weighted by Gasteiger charge is 2.17. The van der Waals surface area contributed by atoms with Crippen molar-refractivity contribution in [1.29, 1.82) is 0 Å². The minimum Gasteiger partial charge on any atom is -0.495 e. The number of benzene rings is 1. The predicted molar refractivity (Wildman–Crippen MR) is 132 cm³/mol. The van der Waals surface area contributed by atoms with E-state index in [1.165, 1.54) is 18.9 Å². The number of amides is 1. The molecule has 0 aliphatic heterocycles. The number of hydrogen-bond donors (Lipinski definition) is 1. The topological polar surface area (TPSA) is 103 Å². The summed E-state index contributed by atoms with van der Waals surface area (Å²) in [7, 11) is 3.34. The first-order valence-corrected chi connectivity index (χ1v) is 11.8. The molecular formula is C23H23ClN6O3S. The average Bonchev–Trinajstić information content (AvgIpc) is 3.15. The number of fused-ring (bicyclic) bond motifs is 1. The van der Waals surface area contributed by atoms with Crippen LogP contribution in [0.4, 0.5) is 5.69 Å². The van der Waals surface area contributed by atoms with Crippen LogP contribution in [0, 0.1) is 13.8 Å². The minimum absolute atomic E-state index is 0.124. The molecule has 0 saturated carbocycles. The van der Waals surface area contributed by atoms with E-state index in [0.717, 1.165) is 5.56 Å². The number of halogens is 1. The van der Waals surface area contributed by atoms with Gasteiger partial charge in [0.15, 0.2) is 5.16 Å². The summed E-state index contributed by atoms with van der Waals surface area (Å²) in [4.78, 5) is 30.0. The smallest absolute Gasteiger partial charge is 0.261 e. The Kier molecular flexibility index (Phi) is 6.90. The molecule has 0 aliphatic carbocycles. The number of hydrogen-bond acceptors (Lipinski definition) is 7. The molecule has 1 aromatic carbocycles. The number of nitrogens with one attached hydrogen (secondary N) is 1. The molecule has 0 spiro atoms. The number of thioether (sulfide) groups is 1. The quantitative estimate of drug-likeness (QED) is 0.389. The number of ether oxygens (including phenoxy) is 1. The van der Waals surface area contributed by atoms with Gasteiger partial charge < -0.3 is 14.6 Å². The van der Waals surface area contributed by atoms with Gasteiger partial charge in [0.2, 0.25) is 5.91 Å². The first-order chi connectivity index (χ1) is 16.3. The third-order valence-electron chi connectivity index (χ3n) is 5.30. The highest BCUT2D eigenvalue weighted by molar-refractivity contribution is 7.99. The summed E-state index contributed by atoms with van der Waals surface area (Å²) >= 11 is 7.36. The van der Waals surface area contributed by atoms with Crippen molar-refractivity contribution in [2.24, 2.45) is 7.05 Å². The van der Waals surface area contributed by atoms with Crippen molar-refractivity contribution in [3.05, 3.63) is 74.6 Å². The predicted octanol–water partition coefficient (Wildman–Crippen LogP) is 3.42. The summed E-state index contributed by atoms with van der Waals surface area (Å²) in [6.07, 6.45) is 2.06. The van der Waals surface area contributed by atoms with Crippen molar-refractivity contribution >= 4 is 40.6 Å². The maximum atomic E-state index is 13.1. The van der Waals surface area contributed by atoms with Crippen LogP contribution in [0.25, 0.3) is 5.65 Å². The number of pyridine rings is 1. The monoisotopic (exact) mass is 498 g/mol. The van der Waals surface area contributed by atoms with Gasteiger partial charge in [-0.05, 0) is 43.7 Å². The van der Waals surface area contributed by atoms with Crippen LogP contribution in [0.5, 0.6) is 5.75 Å². The zero-order valence-corrected chi connectivity index (χ0v) is 20.7. The second-order valence-corrected chi connectivity index (χ2v) is 9.09. The number of rotatable bonds is 7. The van der Waals surface area contributed by atoms with E-state index in [4.69, 9.17) is 16.3 Å². The molecule has 1 amide bonds. The van der Waals surface area contributed by atoms with Crippen LogP contribution in [0.15, 0.2) is 46.5 Å². The van der Waals surface area contributed by atoms with Crippen LogP contribution in [-0.2, 0) is 18.3 Å². The van der Waals surface area contributed by atoms with Crippen molar-refractivity contribution in [1.82, 2.24) is 24.1 Å². The van der Waals surface area contributed by atoms with Crippen LogP contribution in [0.1, 0.15) is 22.6 Å². The SMILES string of the molecule is COc1ccc(NC(=O)CSc2nnc(Cc3c(C)nc4ccc(C)cn4c3=O)n2C)cc1Cl. The number of nitrogens with zero attached hydrogens (tertiary/aromatic N) is 5. The number of anilines is 1. The largest absolute Gasteiger partial charge is 0.495 e. The van der Waals surface area contributed by atoms with E-state index in [0.29, 0.717) is 44.3 Å². The number of carbonyl (C=O) groups excluding carboxylic acids is 1. The fourth-order valence-corrected chi connectivity index (χ4v) is 4.44. The second kappa shape index (κ2) is 9.86. The van der Waals surface area contributed by atoms with Crippen molar-refractivity contribution < 1.29 is 9.53 Å². The fourth-order valence-electron chi connectivity index (χ4n) is 3.45. The molecule has 11 heteroatoms. The standard InChI is InChI=1S/C23H23ClN6O3S/c1-13-5-8-19-25-14(2)16(22(32)30(19)11-13)10-20-27-28-23(29(20)3)34-12-21(31)26-15-6-7-18(33-4)17(24)9-15/h5-9,11H,10,12H2,1-4H3,(H,26,31). The lowest BCUT2D eigenvalue weighted by molar-refractivity contribution is -0.113. The molecule has 176 valence electrons. The third kappa shape index (κ3) is 4.92. The summed E-state index contributed by atoms with van der Waals surface area (Å²) in [6, 6.07) is 8.78. The van der Waals surface area contributed by atoms with E-state index in [2.05, 4.69) is 20.5 Å². The van der Waals surface area contributed by atoms with E-state index in [-0.39, 0.29) is 23.6 Å². The zero-order chi connectivity index (χ0) is 24.4. The molecule has 0 saturated heterocycles. The van der Waals surface area contributed by atoms with Crippen LogP contribution in [-0.4, -0.2) is 42.9 Å². The van der Waals surface area contributed by atoms with Gasteiger partial charge in [-0.2, -0.15) is 0 Å². The van der Waals surface area contributed by atoms with E-state index in [9.17, 15) is 9.59 Å². The molecule has 1 N–H and O–H groups in total. The highest BCUT2D eigenvalue weighted by Crippen LogP contribution is 2.27. The third-order valence-corrected chi connectivity index (χ3v) is 6.61. The summed E-state index contributed by atoms with van der Waals surface area (Å²) in [6.45, 7) is 3.75. The first kappa shape index (κ1) is 23.8. The maximum Gasteiger partial charge on any atom is 0.261 e. The molecule has 3 heterocycles. The lowest BCUT2D eigenvalue weighted by atomic mass is 10.1. The lowest BCUT2D eigenvalue weighted by Crippen LogP contribution is -2.22. The summed E-state index contributed by atoms with van der Waals surface area (Å²) in [5.41, 5.74) is 3.24. The van der Waals surface area contributed by atoms with Crippen LogP contribution >= 0.6 is 23.4 Å². The molecular weight excluding hydrogens is 476 g/mol. The first-order valence-electron chi connectivity index (χ1n) is 10.4. The van der Waals surface area contributed by atoms with E-state index >= 15 is 0 Å². The number of carbonyl (C=O) groups is 1. The molecule has 4 rings (SSSR count). The molecule has 3 aromatic heterocycles. The molecule has 34 heavy (non-hydrogen) atoms. The number of methoxy groups -OCH3 is 1. The number of aryl methyl sites for hydroxylation is 2. The molecule has 0 radical (unpaired) electrons. The molecule has 4 aromatic rings. The molecule has 0 bridgehead atoms. The van der Waals surface area contributed by atoms with Gasteiger partial charge in [-0.15, -0.1) is 10.2 Å². The van der Waals surface area contributed by atoms with Crippen LogP contribution in [0.2, 0.25) is 5.02 Å². The normalized spacial score (nSPS) is 11.1. The molecule has 0 atom stereocenters. The van der Waals surface area contributed by atoms with Gasteiger partial charge in [0, 0.05) is 36.6 Å². The summed E-state index contributed by atoms with van der Waals surface area (Å²) < 4.78 is 8.46. The zero-order valence-electron chi connectivity index (χ0n) is 19.1. The Bertz CT molecular complexity index is 1450. The fraction of sp³-hybridized carbons (Fsp3) is 0.261. The Balaban J connectivity index is 1.46. The van der Waals surface area contributed by atoms with Gasteiger partial charge in [-0.1, -0.05) is 29.4 Å². The Morgan fingerprint density at radius 3 is 2.74 bits per heavy atom. The Hall–Kier alpha value is -3.37. The maximum absolute atomic E-state index is 13.1. The highest BCUT2D eigenvalue weighted by atomic mass is 35.5. The van der Waals surface area contributed by atoms with Crippen molar-refractivity contribution in [3.63, 3.8) is 0 Å². The Morgan fingerprint density at radius 1 is 1.21 bits per heavy atom. The van der Waals surface area contributed by atoms with E-state index in [1.807, 2.05) is 33.0 Å². The molecule has 0 unspecified atom stereocenters. The lowest BCUT2D eigenvalue weighted by Gasteiger charge is -2.09. The van der Waals surface area contributed by atoms with Crippen molar-refractivity contribution in [3.8, 4) is 5.75 Å². The van der Waals surface area contributed by atoms with E-state index in [1.54, 1.807) is 33.4 Å². The Labute approximate surface area is 205 Å². The van der Waals surface area contributed by atoms with Gasteiger partial charge in [0.25, 0.3) is 5.56 Å². The molecule has 0 aliphatic rings. The molecule has 0 fully saturated rings. The van der Waals surface area contributed by atoms with Crippen molar-refractivity contribution in [2.45, 2.75) is 25.4 Å². The van der Waals surface area contributed by atoms with Gasteiger partial charge in [0.05, 0.1) is 17.9 Å². The van der Waals surface area contributed by atoms with E-state index < -0.39 is 0 Å². The van der Waals surface area contributed by atoms with Gasteiger partial charge in [-0.25, -0.2) is 4.98 Å². The number of aromatic nitrogens is 5. The van der Waals surface area contributed by atoms with Gasteiger partial charge >= 0.3 is 0 Å². The van der Waals surface area contributed by atoms with Crippen molar-refractivity contribution in [2.75, 3.05) is 18.2 Å². The van der Waals surface area contributed by atoms with Crippen LogP contribution in [0.3, 0.4) is 0 Å². The molecule has 9 nitrogen and oxygen atoms in total. The van der Waals surface area contributed by atoms with Gasteiger partial charge in [-0.3, -0.25) is 14.0 Å². The Morgan fingerprint density at radius 2 is 2.00 bits per heavy atom. The summed E-state index contributed by atoms with van der Waals surface area (Å²) in [5, 5.41) is 12.2.